The van der Waals surface area contributed by atoms with Gasteiger partial charge in [-0.3, -0.25) is 9.59 Å². The van der Waals surface area contributed by atoms with E-state index >= 15 is 0 Å². The summed E-state index contributed by atoms with van der Waals surface area (Å²) in [5.41, 5.74) is 7.27. The Bertz CT molecular complexity index is 689. The Balaban J connectivity index is 1.70. The number of ether oxygens (including phenoxy) is 1. The Labute approximate surface area is 199 Å². The van der Waals surface area contributed by atoms with E-state index < -0.39 is 6.10 Å². The lowest BCUT2D eigenvalue weighted by molar-refractivity contribution is -0.145. The first kappa shape index (κ1) is 27.3. The fourth-order valence-corrected chi connectivity index (χ4v) is 4.71. The van der Waals surface area contributed by atoms with Crippen LogP contribution in [0.1, 0.15) is 83.6 Å². The summed E-state index contributed by atoms with van der Waals surface area (Å²) in [7, 11) is 0. The molecule has 1 aliphatic carbocycles. The average Bonchev–Trinajstić information content (AvgIpc) is 2.81. The maximum Gasteiger partial charge on any atom is 0.306 e. The standard InChI is InChI=1S/C27H44N2O4/c1-20(2)16-23(18-25(30)24(28)17-21-10-5-3-6-11-21)27(32)29-15-9-14-26(31)33-19-22-12-7-4-8-13-22/h4,7-8,12-13,20-21,23-25,30H,3,5-6,9-11,14-19,28H2,1-2H3,(H,29,32)/t23-,24+,25+/m1/s1. The molecule has 0 radical (unpaired) electrons. The first-order valence-corrected chi connectivity index (χ1v) is 12.8. The van der Waals surface area contributed by atoms with Crippen molar-refractivity contribution in [2.24, 2.45) is 23.5 Å². The van der Waals surface area contributed by atoms with Gasteiger partial charge >= 0.3 is 5.97 Å². The van der Waals surface area contributed by atoms with Crippen LogP contribution in [0.2, 0.25) is 0 Å². The molecule has 1 amide bonds. The molecule has 6 heteroatoms. The lowest BCUT2D eigenvalue weighted by atomic mass is 9.82. The summed E-state index contributed by atoms with van der Waals surface area (Å²) in [6.45, 7) is 4.84. The molecule has 1 fully saturated rings. The van der Waals surface area contributed by atoms with E-state index in [-0.39, 0.29) is 36.9 Å². The number of nitrogens with two attached hydrogens (primary N) is 1. The summed E-state index contributed by atoms with van der Waals surface area (Å²) in [4.78, 5) is 24.7. The number of esters is 1. The average molecular weight is 461 g/mol. The fourth-order valence-electron chi connectivity index (χ4n) is 4.71. The monoisotopic (exact) mass is 460 g/mol. The van der Waals surface area contributed by atoms with Crippen molar-refractivity contribution in [3.8, 4) is 0 Å². The second-order valence-corrected chi connectivity index (χ2v) is 10.1. The van der Waals surface area contributed by atoms with E-state index in [0.29, 0.717) is 37.6 Å². The molecule has 186 valence electrons. The van der Waals surface area contributed by atoms with Crippen LogP contribution < -0.4 is 11.1 Å². The molecule has 6 nitrogen and oxygen atoms in total. The van der Waals surface area contributed by atoms with Crippen LogP contribution in [0.25, 0.3) is 0 Å². The van der Waals surface area contributed by atoms with Gasteiger partial charge < -0.3 is 20.9 Å². The largest absolute Gasteiger partial charge is 0.461 e. The molecule has 33 heavy (non-hydrogen) atoms. The van der Waals surface area contributed by atoms with E-state index in [9.17, 15) is 14.7 Å². The number of hydrogen-bond donors (Lipinski definition) is 3. The van der Waals surface area contributed by atoms with Crippen molar-refractivity contribution in [3.63, 3.8) is 0 Å². The molecule has 1 saturated carbocycles. The summed E-state index contributed by atoms with van der Waals surface area (Å²) < 4.78 is 5.28. The van der Waals surface area contributed by atoms with E-state index in [1.165, 1.54) is 32.1 Å². The van der Waals surface area contributed by atoms with Gasteiger partial charge in [0.15, 0.2) is 0 Å². The van der Waals surface area contributed by atoms with Gasteiger partial charge in [-0.2, -0.15) is 0 Å². The number of carbonyl (C=O) groups excluding carboxylic acids is 2. The molecule has 0 aromatic heterocycles. The maximum atomic E-state index is 12.8. The number of nitrogens with one attached hydrogen (secondary N) is 1. The van der Waals surface area contributed by atoms with Crippen LogP contribution in [0.5, 0.6) is 0 Å². The summed E-state index contributed by atoms with van der Waals surface area (Å²) in [5.74, 6) is 0.335. The topological polar surface area (TPSA) is 102 Å². The smallest absolute Gasteiger partial charge is 0.306 e. The van der Waals surface area contributed by atoms with Gasteiger partial charge in [-0.05, 0) is 43.1 Å². The van der Waals surface area contributed by atoms with Gasteiger partial charge in [0.05, 0.1) is 6.10 Å². The van der Waals surface area contributed by atoms with Gasteiger partial charge in [-0.25, -0.2) is 0 Å². The van der Waals surface area contributed by atoms with Gasteiger partial charge in [0.2, 0.25) is 5.91 Å². The highest BCUT2D eigenvalue weighted by molar-refractivity contribution is 5.78. The van der Waals surface area contributed by atoms with Gasteiger partial charge in [0.25, 0.3) is 0 Å². The van der Waals surface area contributed by atoms with Gasteiger partial charge in [0, 0.05) is 24.9 Å². The van der Waals surface area contributed by atoms with E-state index in [2.05, 4.69) is 19.2 Å². The minimum atomic E-state index is -0.672. The zero-order chi connectivity index (χ0) is 24.1. The molecule has 0 saturated heterocycles. The van der Waals surface area contributed by atoms with E-state index in [0.717, 1.165) is 12.0 Å². The third-order valence-electron chi connectivity index (χ3n) is 6.58. The highest BCUT2D eigenvalue weighted by Crippen LogP contribution is 2.28. The molecule has 2 rings (SSSR count). The van der Waals surface area contributed by atoms with E-state index in [1.54, 1.807) is 0 Å². The second kappa shape index (κ2) is 15.1. The quantitative estimate of drug-likeness (QED) is 0.283. The Hall–Kier alpha value is -1.92. The van der Waals surface area contributed by atoms with Crippen molar-refractivity contribution in [1.29, 1.82) is 0 Å². The number of aliphatic hydroxyl groups excluding tert-OH is 1. The van der Waals surface area contributed by atoms with Crippen molar-refractivity contribution in [2.75, 3.05) is 6.54 Å². The third-order valence-corrected chi connectivity index (χ3v) is 6.58. The number of carbonyl (C=O) groups is 2. The van der Waals surface area contributed by atoms with Crippen LogP contribution in [-0.4, -0.2) is 35.7 Å². The van der Waals surface area contributed by atoms with Crippen LogP contribution in [0, 0.1) is 17.8 Å². The zero-order valence-electron chi connectivity index (χ0n) is 20.5. The van der Waals surface area contributed by atoms with E-state index in [4.69, 9.17) is 10.5 Å². The van der Waals surface area contributed by atoms with Gasteiger partial charge in [0.1, 0.15) is 6.61 Å². The predicted molar refractivity (Wildman–Crippen MR) is 131 cm³/mol. The zero-order valence-corrected chi connectivity index (χ0v) is 20.5. The molecule has 1 aromatic rings. The first-order valence-electron chi connectivity index (χ1n) is 12.8. The van der Waals surface area contributed by atoms with Crippen LogP contribution >= 0.6 is 0 Å². The minimum absolute atomic E-state index is 0.0646. The highest BCUT2D eigenvalue weighted by Gasteiger charge is 2.28. The van der Waals surface area contributed by atoms with Crippen LogP contribution in [0.15, 0.2) is 30.3 Å². The normalized spacial score (nSPS) is 17.4. The molecular weight excluding hydrogens is 416 g/mol. The number of rotatable bonds is 14. The van der Waals surface area contributed by atoms with Crippen LogP contribution in [0.4, 0.5) is 0 Å². The second-order valence-electron chi connectivity index (χ2n) is 10.1. The molecule has 0 bridgehead atoms. The molecule has 0 spiro atoms. The van der Waals surface area contributed by atoms with Crippen molar-refractivity contribution < 1.29 is 19.4 Å². The van der Waals surface area contributed by atoms with Crippen LogP contribution in [0.3, 0.4) is 0 Å². The third kappa shape index (κ3) is 11.2. The summed E-state index contributed by atoms with van der Waals surface area (Å²) >= 11 is 0. The molecule has 3 atom stereocenters. The van der Waals surface area contributed by atoms with Gasteiger partial charge in [-0.15, -0.1) is 0 Å². The van der Waals surface area contributed by atoms with Crippen molar-refractivity contribution in [2.45, 2.75) is 96.8 Å². The molecular formula is C27H44N2O4. The molecule has 0 aliphatic heterocycles. The van der Waals surface area contributed by atoms with E-state index in [1.807, 2.05) is 30.3 Å². The van der Waals surface area contributed by atoms with Crippen LogP contribution in [-0.2, 0) is 20.9 Å². The lowest BCUT2D eigenvalue weighted by Gasteiger charge is -2.29. The number of amides is 1. The highest BCUT2D eigenvalue weighted by atomic mass is 16.5. The summed E-state index contributed by atoms with van der Waals surface area (Å²) in [6.07, 6.45) is 8.25. The van der Waals surface area contributed by atoms with Crippen molar-refractivity contribution in [1.82, 2.24) is 5.32 Å². The predicted octanol–water partition coefficient (Wildman–Crippen LogP) is 4.34. The van der Waals surface area contributed by atoms with Crippen molar-refractivity contribution >= 4 is 11.9 Å². The number of hydrogen-bond acceptors (Lipinski definition) is 5. The lowest BCUT2D eigenvalue weighted by Crippen LogP contribution is -2.41. The minimum Gasteiger partial charge on any atom is -0.461 e. The Morgan fingerprint density at radius 3 is 2.48 bits per heavy atom. The maximum absolute atomic E-state index is 12.8. The number of aliphatic hydroxyl groups is 1. The molecule has 0 unspecified atom stereocenters. The molecule has 0 heterocycles. The molecule has 1 aromatic carbocycles. The fraction of sp³-hybridized carbons (Fsp3) is 0.704. The summed E-state index contributed by atoms with van der Waals surface area (Å²) in [6, 6.07) is 9.28. The summed E-state index contributed by atoms with van der Waals surface area (Å²) in [5, 5.41) is 13.7. The Morgan fingerprint density at radius 2 is 1.82 bits per heavy atom. The Morgan fingerprint density at radius 1 is 1.12 bits per heavy atom. The SMILES string of the molecule is CC(C)C[C@H](C[C@H](O)[C@@H](N)CC1CCCCC1)C(=O)NCCCC(=O)OCc1ccccc1. The number of benzene rings is 1. The van der Waals surface area contributed by atoms with Gasteiger partial charge in [-0.1, -0.05) is 76.3 Å². The Kier molecular flexibility index (Phi) is 12.5. The first-order chi connectivity index (χ1) is 15.8. The molecule has 4 N–H and O–H groups in total. The molecule has 1 aliphatic rings. The van der Waals surface area contributed by atoms with Crippen molar-refractivity contribution in [3.05, 3.63) is 35.9 Å².